The van der Waals surface area contributed by atoms with Crippen LogP contribution in [-0.2, 0) is 0 Å². The summed E-state index contributed by atoms with van der Waals surface area (Å²) in [7, 11) is 5.50. The van der Waals surface area contributed by atoms with Gasteiger partial charge in [-0.05, 0) is 25.1 Å². The van der Waals surface area contributed by atoms with Gasteiger partial charge in [-0.2, -0.15) is 0 Å². The van der Waals surface area contributed by atoms with Crippen molar-refractivity contribution >= 4 is 19.0 Å². The second kappa shape index (κ2) is 3.42. The number of rotatable bonds is 2. The summed E-state index contributed by atoms with van der Waals surface area (Å²) in [6.07, 6.45) is 0. The molecule has 1 N–H and O–H groups in total. The maximum atomic E-state index is 12.5. The van der Waals surface area contributed by atoms with Gasteiger partial charge in [0.15, 0.2) is 0 Å². The van der Waals surface area contributed by atoms with Gasteiger partial charge in [0.25, 0.3) is 0 Å². The van der Waals surface area contributed by atoms with Crippen molar-refractivity contribution in [3.8, 4) is 0 Å². The Kier molecular flexibility index (Phi) is 2.52. The monoisotopic (exact) mass is 149 g/mol. The van der Waals surface area contributed by atoms with Crippen LogP contribution < -0.4 is 10.8 Å². The SMILES string of the molecule is [B]c1cc(F)ccc1NCC. The number of anilines is 1. The second-order valence-corrected chi connectivity index (χ2v) is 2.26. The van der Waals surface area contributed by atoms with Gasteiger partial charge in [0, 0.05) is 12.2 Å². The van der Waals surface area contributed by atoms with Gasteiger partial charge < -0.3 is 5.32 Å². The zero-order valence-corrected chi connectivity index (χ0v) is 6.39. The van der Waals surface area contributed by atoms with Crippen molar-refractivity contribution in [1.82, 2.24) is 0 Å². The molecule has 1 aromatic rings. The Balaban J connectivity index is 2.90. The molecule has 0 saturated heterocycles. The summed E-state index contributed by atoms with van der Waals surface area (Å²) < 4.78 is 12.5. The largest absolute Gasteiger partial charge is 0.386 e. The van der Waals surface area contributed by atoms with E-state index in [2.05, 4.69) is 5.32 Å². The van der Waals surface area contributed by atoms with Gasteiger partial charge in [0.2, 0.25) is 0 Å². The van der Waals surface area contributed by atoms with Crippen LogP contribution in [0, 0.1) is 5.82 Å². The van der Waals surface area contributed by atoms with E-state index < -0.39 is 0 Å². The zero-order valence-electron chi connectivity index (χ0n) is 6.39. The first kappa shape index (κ1) is 8.11. The maximum absolute atomic E-state index is 12.5. The number of benzene rings is 1. The zero-order chi connectivity index (χ0) is 8.27. The molecule has 1 nitrogen and oxygen atoms in total. The molecule has 0 aliphatic carbocycles. The first-order chi connectivity index (χ1) is 5.24. The van der Waals surface area contributed by atoms with Crippen LogP contribution >= 0.6 is 0 Å². The normalized spacial score (nSPS) is 9.64. The highest BCUT2D eigenvalue weighted by Gasteiger charge is 1.96. The topological polar surface area (TPSA) is 12.0 Å². The predicted octanol–water partition coefficient (Wildman–Crippen LogP) is 1.05. The van der Waals surface area contributed by atoms with E-state index in [-0.39, 0.29) is 5.82 Å². The average Bonchev–Trinajstić information content (AvgIpc) is 1.95. The van der Waals surface area contributed by atoms with Crippen LogP contribution in [0.1, 0.15) is 6.92 Å². The van der Waals surface area contributed by atoms with Crippen LogP contribution in [0.25, 0.3) is 0 Å². The molecule has 0 aliphatic rings. The van der Waals surface area contributed by atoms with Crippen molar-refractivity contribution in [3.05, 3.63) is 24.0 Å². The lowest BCUT2D eigenvalue weighted by Gasteiger charge is -2.06. The molecule has 0 heterocycles. The van der Waals surface area contributed by atoms with E-state index in [4.69, 9.17) is 7.85 Å². The molecule has 0 atom stereocenters. The van der Waals surface area contributed by atoms with Gasteiger partial charge in [0.05, 0.1) is 0 Å². The van der Waals surface area contributed by atoms with Gasteiger partial charge in [-0.15, -0.1) is 0 Å². The minimum atomic E-state index is -0.302. The number of halogens is 1. The van der Waals surface area contributed by atoms with E-state index >= 15 is 0 Å². The fraction of sp³-hybridized carbons (Fsp3) is 0.250. The van der Waals surface area contributed by atoms with Gasteiger partial charge in [-0.3, -0.25) is 0 Å². The van der Waals surface area contributed by atoms with Crippen LogP contribution in [0.5, 0.6) is 0 Å². The van der Waals surface area contributed by atoms with E-state index in [0.29, 0.717) is 5.46 Å². The van der Waals surface area contributed by atoms with Crippen molar-refractivity contribution in [2.45, 2.75) is 6.92 Å². The molecule has 1 rings (SSSR count). The van der Waals surface area contributed by atoms with Crippen LogP contribution in [-0.4, -0.2) is 14.4 Å². The maximum Gasteiger partial charge on any atom is 0.122 e. The van der Waals surface area contributed by atoms with Crippen LogP contribution in [0.4, 0.5) is 10.1 Å². The fourth-order valence-corrected chi connectivity index (χ4v) is 0.885. The third-order valence-electron chi connectivity index (χ3n) is 1.38. The Morgan fingerprint density at radius 3 is 2.82 bits per heavy atom. The van der Waals surface area contributed by atoms with Gasteiger partial charge in [-0.1, -0.05) is 5.46 Å². The molecular formula is C8H9BFN. The summed E-state index contributed by atoms with van der Waals surface area (Å²) in [6, 6.07) is 4.32. The standard InChI is InChI=1S/C8H9BFN/c1-2-11-8-4-3-6(10)5-7(8)9/h3-5,11H,2H2,1H3. The van der Waals surface area contributed by atoms with Crippen LogP contribution in [0.3, 0.4) is 0 Å². The summed E-state index contributed by atoms with van der Waals surface area (Å²) in [5.41, 5.74) is 1.24. The third-order valence-corrected chi connectivity index (χ3v) is 1.38. The highest BCUT2D eigenvalue weighted by Crippen LogP contribution is 2.03. The Hall–Kier alpha value is -0.985. The lowest BCUT2D eigenvalue weighted by atomic mass is 9.94. The highest BCUT2D eigenvalue weighted by molar-refractivity contribution is 6.35. The average molecular weight is 149 g/mol. The highest BCUT2D eigenvalue weighted by atomic mass is 19.1. The molecule has 1 aromatic carbocycles. The molecule has 0 aliphatic heterocycles. The molecule has 0 spiro atoms. The summed E-state index contributed by atoms with van der Waals surface area (Å²) in [5, 5.41) is 3.01. The molecule has 0 aromatic heterocycles. The molecule has 56 valence electrons. The molecule has 2 radical (unpaired) electrons. The van der Waals surface area contributed by atoms with Gasteiger partial charge >= 0.3 is 0 Å². The summed E-state index contributed by atoms with van der Waals surface area (Å²) in [5.74, 6) is -0.302. The van der Waals surface area contributed by atoms with Gasteiger partial charge in [0.1, 0.15) is 13.7 Å². The predicted molar refractivity (Wildman–Crippen MR) is 46.0 cm³/mol. The van der Waals surface area contributed by atoms with Crippen molar-refractivity contribution in [1.29, 1.82) is 0 Å². The first-order valence-corrected chi connectivity index (χ1v) is 3.53. The third kappa shape index (κ3) is 1.97. The molecule has 0 fully saturated rings. The summed E-state index contributed by atoms with van der Waals surface area (Å²) in [4.78, 5) is 0. The molecular weight excluding hydrogens is 140 g/mol. The molecule has 11 heavy (non-hydrogen) atoms. The van der Waals surface area contributed by atoms with Crippen molar-refractivity contribution in [3.63, 3.8) is 0 Å². The van der Waals surface area contributed by atoms with Gasteiger partial charge in [-0.25, -0.2) is 4.39 Å². The Morgan fingerprint density at radius 2 is 2.27 bits per heavy atom. The van der Waals surface area contributed by atoms with Crippen LogP contribution in [0.15, 0.2) is 18.2 Å². The van der Waals surface area contributed by atoms with Crippen molar-refractivity contribution in [2.75, 3.05) is 11.9 Å². The Labute approximate surface area is 67.0 Å². The Morgan fingerprint density at radius 1 is 1.55 bits per heavy atom. The van der Waals surface area contributed by atoms with E-state index in [9.17, 15) is 4.39 Å². The number of hydrogen-bond acceptors (Lipinski definition) is 1. The molecule has 0 bridgehead atoms. The lowest BCUT2D eigenvalue weighted by molar-refractivity contribution is 0.629. The van der Waals surface area contributed by atoms with E-state index in [1.165, 1.54) is 12.1 Å². The van der Waals surface area contributed by atoms with Crippen LogP contribution in [0.2, 0.25) is 0 Å². The minimum absolute atomic E-state index is 0.302. The quantitative estimate of drug-likeness (QED) is 0.619. The molecule has 0 saturated carbocycles. The second-order valence-electron chi connectivity index (χ2n) is 2.26. The lowest BCUT2D eigenvalue weighted by Crippen LogP contribution is -2.12. The number of nitrogens with one attached hydrogen (secondary N) is 1. The number of hydrogen-bond donors (Lipinski definition) is 1. The minimum Gasteiger partial charge on any atom is -0.386 e. The first-order valence-electron chi connectivity index (χ1n) is 3.53. The summed E-state index contributed by atoms with van der Waals surface area (Å²) in [6.45, 7) is 2.75. The summed E-state index contributed by atoms with van der Waals surface area (Å²) >= 11 is 0. The molecule has 3 heteroatoms. The smallest absolute Gasteiger partial charge is 0.122 e. The molecule has 0 unspecified atom stereocenters. The van der Waals surface area contributed by atoms with Crippen molar-refractivity contribution < 1.29 is 4.39 Å². The molecule has 0 amide bonds. The fourth-order valence-electron chi connectivity index (χ4n) is 0.885. The van der Waals surface area contributed by atoms with E-state index in [0.717, 1.165) is 12.2 Å². The van der Waals surface area contributed by atoms with Crippen molar-refractivity contribution in [2.24, 2.45) is 0 Å². The Bertz CT molecular complexity index is 250. The van der Waals surface area contributed by atoms with E-state index in [1.807, 2.05) is 6.92 Å². The van der Waals surface area contributed by atoms with E-state index in [1.54, 1.807) is 6.07 Å².